The van der Waals surface area contributed by atoms with Crippen LogP contribution < -0.4 is 0 Å². The van der Waals surface area contributed by atoms with Crippen molar-refractivity contribution in [1.82, 2.24) is 0 Å². The zero-order chi connectivity index (χ0) is 13.0. The summed E-state index contributed by atoms with van der Waals surface area (Å²) in [4.78, 5) is 12.5. The first-order chi connectivity index (χ1) is 8.74. The predicted octanol–water partition coefficient (Wildman–Crippen LogP) is 4.85. The molecule has 0 heterocycles. The van der Waals surface area contributed by atoms with Crippen molar-refractivity contribution >= 4 is 16.6 Å². The van der Waals surface area contributed by atoms with E-state index < -0.39 is 0 Å². The highest BCUT2D eigenvalue weighted by Crippen LogP contribution is 2.23. The number of carbonyl (C=O) groups is 1. The number of fused-ring (bicyclic) bond motifs is 1. The molecule has 0 spiro atoms. The summed E-state index contributed by atoms with van der Waals surface area (Å²) >= 11 is 0. The van der Waals surface area contributed by atoms with Crippen molar-refractivity contribution in [2.75, 3.05) is 0 Å². The summed E-state index contributed by atoms with van der Waals surface area (Å²) < 4.78 is 0. The maximum atomic E-state index is 12.5. The summed E-state index contributed by atoms with van der Waals surface area (Å²) in [7, 11) is 0. The highest BCUT2D eigenvalue weighted by molar-refractivity contribution is 6.08. The van der Waals surface area contributed by atoms with Gasteiger partial charge in [0.25, 0.3) is 0 Å². The van der Waals surface area contributed by atoms with Crippen LogP contribution in [-0.4, -0.2) is 5.78 Å². The van der Waals surface area contributed by atoms with E-state index in [1.807, 2.05) is 37.3 Å². The molecule has 0 saturated heterocycles. The molecule has 0 aliphatic heterocycles. The normalized spacial score (nSPS) is 12.6. The van der Waals surface area contributed by atoms with Crippen LogP contribution >= 0.6 is 0 Å². The summed E-state index contributed by atoms with van der Waals surface area (Å²) in [6.07, 6.45) is 3.25. The van der Waals surface area contributed by atoms with Crippen LogP contribution in [0, 0.1) is 5.92 Å². The van der Waals surface area contributed by atoms with Gasteiger partial charge in [0.15, 0.2) is 5.78 Å². The van der Waals surface area contributed by atoms with Crippen LogP contribution in [-0.2, 0) is 0 Å². The first-order valence-electron chi connectivity index (χ1n) is 6.76. The molecule has 94 valence electrons. The molecule has 2 rings (SSSR count). The third-order valence-electron chi connectivity index (χ3n) is 3.49. The second-order valence-electron chi connectivity index (χ2n) is 4.93. The maximum Gasteiger partial charge on any atom is 0.166 e. The molecule has 1 heteroatoms. The van der Waals surface area contributed by atoms with Crippen LogP contribution in [0.5, 0.6) is 0 Å². The molecule has 0 aromatic heterocycles. The van der Waals surface area contributed by atoms with Crippen LogP contribution in [0.15, 0.2) is 42.5 Å². The number of carbonyl (C=O) groups excluding carboxylic acids is 1. The molecule has 1 atom stereocenters. The SMILES string of the molecule is CCCCC(C)C(=O)c1cccc2ccccc12. The van der Waals surface area contributed by atoms with Crippen LogP contribution in [0.25, 0.3) is 10.8 Å². The fourth-order valence-electron chi connectivity index (χ4n) is 2.35. The molecule has 0 radical (unpaired) electrons. The van der Waals surface area contributed by atoms with Gasteiger partial charge in [0, 0.05) is 11.5 Å². The quantitative estimate of drug-likeness (QED) is 0.683. The third kappa shape index (κ3) is 2.61. The van der Waals surface area contributed by atoms with Gasteiger partial charge in [-0.15, -0.1) is 0 Å². The van der Waals surface area contributed by atoms with Gasteiger partial charge in [-0.25, -0.2) is 0 Å². The van der Waals surface area contributed by atoms with Gasteiger partial charge < -0.3 is 0 Å². The molecule has 18 heavy (non-hydrogen) atoms. The number of hydrogen-bond acceptors (Lipinski definition) is 1. The number of rotatable bonds is 5. The molecular weight excluding hydrogens is 220 g/mol. The van der Waals surface area contributed by atoms with Gasteiger partial charge >= 0.3 is 0 Å². The highest BCUT2D eigenvalue weighted by Gasteiger charge is 2.16. The smallest absolute Gasteiger partial charge is 0.166 e. The second kappa shape index (κ2) is 5.81. The number of benzene rings is 2. The number of unbranched alkanes of at least 4 members (excludes halogenated alkanes) is 1. The van der Waals surface area contributed by atoms with E-state index in [0.29, 0.717) is 0 Å². The van der Waals surface area contributed by atoms with E-state index in [1.54, 1.807) is 0 Å². The molecule has 0 aliphatic rings. The lowest BCUT2D eigenvalue weighted by Gasteiger charge is -2.11. The number of Topliss-reactive ketones (excluding diaryl/α,β-unsaturated/α-hetero) is 1. The van der Waals surface area contributed by atoms with Crippen molar-refractivity contribution in [3.8, 4) is 0 Å². The fraction of sp³-hybridized carbons (Fsp3) is 0.353. The predicted molar refractivity (Wildman–Crippen MR) is 77.0 cm³/mol. The van der Waals surface area contributed by atoms with E-state index in [9.17, 15) is 4.79 Å². The average molecular weight is 240 g/mol. The largest absolute Gasteiger partial charge is 0.294 e. The Morgan fingerprint density at radius 2 is 1.83 bits per heavy atom. The molecule has 2 aromatic carbocycles. The number of ketones is 1. The van der Waals surface area contributed by atoms with Gasteiger partial charge in [-0.05, 0) is 17.2 Å². The van der Waals surface area contributed by atoms with Crippen LogP contribution in [0.1, 0.15) is 43.5 Å². The Morgan fingerprint density at radius 1 is 1.11 bits per heavy atom. The van der Waals surface area contributed by atoms with Crippen molar-refractivity contribution in [2.45, 2.75) is 33.1 Å². The van der Waals surface area contributed by atoms with Gasteiger partial charge in [0.05, 0.1) is 0 Å². The fourth-order valence-corrected chi connectivity index (χ4v) is 2.35. The summed E-state index contributed by atoms with van der Waals surface area (Å²) in [5.74, 6) is 0.399. The van der Waals surface area contributed by atoms with E-state index in [0.717, 1.165) is 35.6 Å². The monoisotopic (exact) mass is 240 g/mol. The van der Waals surface area contributed by atoms with Gasteiger partial charge in [0.1, 0.15) is 0 Å². The summed E-state index contributed by atoms with van der Waals surface area (Å²) in [6.45, 7) is 4.20. The molecule has 0 N–H and O–H groups in total. The van der Waals surface area contributed by atoms with E-state index in [-0.39, 0.29) is 11.7 Å². The molecule has 0 saturated carbocycles. The summed E-state index contributed by atoms with van der Waals surface area (Å²) in [5.41, 5.74) is 0.872. The lowest BCUT2D eigenvalue weighted by atomic mass is 9.91. The Bertz CT molecular complexity index is 537. The molecule has 2 aromatic rings. The molecular formula is C17H20O. The van der Waals surface area contributed by atoms with Gasteiger partial charge in [-0.3, -0.25) is 4.79 Å². The Balaban J connectivity index is 2.33. The van der Waals surface area contributed by atoms with Crippen LogP contribution in [0.3, 0.4) is 0 Å². The molecule has 0 bridgehead atoms. The van der Waals surface area contributed by atoms with Crippen LogP contribution in [0.4, 0.5) is 0 Å². The molecule has 1 nitrogen and oxygen atoms in total. The van der Waals surface area contributed by atoms with Crippen LogP contribution in [0.2, 0.25) is 0 Å². The minimum Gasteiger partial charge on any atom is -0.294 e. The minimum absolute atomic E-state index is 0.121. The Labute approximate surface area is 109 Å². The molecule has 0 amide bonds. The first-order valence-corrected chi connectivity index (χ1v) is 6.76. The van der Waals surface area contributed by atoms with Crippen molar-refractivity contribution in [3.05, 3.63) is 48.0 Å². The van der Waals surface area contributed by atoms with Crippen molar-refractivity contribution in [1.29, 1.82) is 0 Å². The lowest BCUT2D eigenvalue weighted by Crippen LogP contribution is -2.11. The zero-order valence-corrected chi connectivity index (χ0v) is 11.1. The van der Waals surface area contributed by atoms with Gasteiger partial charge in [0.2, 0.25) is 0 Å². The van der Waals surface area contributed by atoms with E-state index in [4.69, 9.17) is 0 Å². The van der Waals surface area contributed by atoms with E-state index >= 15 is 0 Å². The number of hydrogen-bond donors (Lipinski definition) is 0. The van der Waals surface area contributed by atoms with Crippen molar-refractivity contribution < 1.29 is 4.79 Å². The Kier molecular flexibility index (Phi) is 4.14. The Hall–Kier alpha value is -1.63. The van der Waals surface area contributed by atoms with Gasteiger partial charge in [-0.1, -0.05) is 69.2 Å². The molecule has 1 unspecified atom stereocenters. The summed E-state index contributed by atoms with van der Waals surface area (Å²) in [5, 5.41) is 2.22. The maximum absolute atomic E-state index is 12.5. The van der Waals surface area contributed by atoms with Gasteiger partial charge in [-0.2, -0.15) is 0 Å². The van der Waals surface area contributed by atoms with Crippen molar-refractivity contribution in [3.63, 3.8) is 0 Å². The standard InChI is InChI=1S/C17H20O/c1-3-4-8-13(2)17(18)16-12-7-10-14-9-5-6-11-15(14)16/h5-7,9-13H,3-4,8H2,1-2H3. The first kappa shape index (κ1) is 12.8. The third-order valence-corrected chi connectivity index (χ3v) is 3.49. The average Bonchev–Trinajstić information content (AvgIpc) is 2.43. The second-order valence-corrected chi connectivity index (χ2v) is 4.93. The summed E-state index contributed by atoms with van der Waals surface area (Å²) in [6, 6.07) is 14.1. The zero-order valence-electron chi connectivity index (χ0n) is 11.1. The minimum atomic E-state index is 0.121. The molecule has 0 aliphatic carbocycles. The lowest BCUT2D eigenvalue weighted by molar-refractivity contribution is 0.0924. The molecule has 0 fully saturated rings. The topological polar surface area (TPSA) is 17.1 Å². The van der Waals surface area contributed by atoms with E-state index in [2.05, 4.69) is 19.1 Å². The highest BCUT2D eigenvalue weighted by atomic mass is 16.1. The Morgan fingerprint density at radius 3 is 2.61 bits per heavy atom. The van der Waals surface area contributed by atoms with E-state index in [1.165, 1.54) is 0 Å². The van der Waals surface area contributed by atoms with Crippen molar-refractivity contribution in [2.24, 2.45) is 5.92 Å².